The van der Waals surface area contributed by atoms with Gasteiger partial charge in [0.25, 0.3) is 0 Å². The van der Waals surface area contributed by atoms with Crippen LogP contribution in [-0.2, 0) is 4.84 Å². The average molecular weight is 148 g/mol. The SMILES string of the molecule is CON1CCN(C)C[C@H]1F. The molecule has 0 bridgehead atoms. The van der Waals surface area contributed by atoms with Gasteiger partial charge < -0.3 is 4.90 Å². The Labute approximate surface area is 60.3 Å². The van der Waals surface area contributed by atoms with E-state index in [1.54, 1.807) is 0 Å². The van der Waals surface area contributed by atoms with Crippen molar-refractivity contribution in [3.05, 3.63) is 0 Å². The number of rotatable bonds is 1. The zero-order chi connectivity index (χ0) is 7.56. The third-order valence-electron chi connectivity index (χ3n) is 1.71. The van der Waals surface area contributed by atoms with Crippen molar-refractivity contribution in [2.75, 3.05) is 33.8 Å². The van der Waals surface area contributed by atoms with Crippen LogP contribution in [0.5, 0.6) is 0 Å². The van der Waals surface area contributed by atoms with Crippen molar-refractivity contribution in [3.8, 4) is 0 Å². The lowest BCUT2D eigenvalue weighted by Gasteiger charge is -2.33. The summed E-state index contributed by atoms with van der Waals surface area (Å²) in [6.45, 7) is 1.95. The Morgan fingerprint density at radius 2 is 2.20 bits per heavy atom. The predicted octanol–water partition coefficient (Wildman–Crippen LogP) is 0.0908. The standard InChI is InChI=1S/C6H13FN2O/c1-8-3-4-9(10-2)6(7)5-8/h6H,3-5H2,1-2H3/t6-/m0/s1. The molecule has 1 fully saturated rings. The minimum Gasteiger partial charge on any atom is -0.301 e. The molecule has 10 heavy (non-hydrogen) atoms. The molecule has 0 radical (unpaired) electrons. The first-order valence-electron chi connectivity index (χ1n) is 3.37. The molecular formula is C6H13FN2O. The van der Waals surface area contributed by atoms with E-state index in [0.717, 1.165) is 6.54 Å². The van der Waals surface area contributed by atoms with Crippen molar-refractivity contribution in [1.82, 2.24) is 9.96 Å². The summed E-state index contributed by atoms with van der Waals surface area (Å²) in [5, 5.41) is 1.36. The van der Waals surface area contributed by atoms with Crippen molar-refractivity contribution in [3.63, 3.8) is 0 Å². The Morgan fingerprint density at radius 1 is 1.50 bits per heavy atom. The van der Waals surface area contributed by atoms with Crippen molar-refractivity contribution >= 4 is 0 Å². The molecule has 60 valence electrons. The molecule has 1 aliphatic rings. The highest BCUT2D eigenvalue weighted by atomic mass is 19.1. The highest BCUT2D eigenvalue weighted by Gasteiger charge is 2.24. The van der Waals surface area contributed by atoms with Crippen LogP contribution in [0.1, 0.15) is 0 Å². The van der Waals surface area contributed by atoms with Gasteiger partial charge in [-0.15, -0.1) is 0 Å². The summed E-state index contributed by atoms with van der Waals surface area (Å²) >= 11 is 0. The number of piperazine rings is 1. The predicted molar refractivity (Wildman–Crippen MR) is 36.1 cm³/mol. The van der Waals surface area contributed by atoms with E-state index < -0.39 is 6.30 Å². The van der Waals surface area contributed by atoms with Crippen molar-refractivity contribution in [2.24, 2.45) is 0 Å². The van der Waals surface area contributed by atoms with Crippen LogP contribution in [0.25, 0.3) is 0 Å². The molecule has 1 saturated heterocycles. The van der Waals surface area contributed by atoms with E-state index in [-0.39, 0.29) is 0 Å². The van der Waals surface area contributed by atoms with E-state index in [1.807, 2.05) is 11.9 Å². The largest absolute Gasteiger partial charge is 0.301 e. The van der Waals surface area contributed by atoms with E-state index in [4.69, 9.17) is 4.84 Å². The van der Waals surface area contributed by atoms with Gasteiger partial charge in [-0.2, -0.15) is 5.06 Å². The van der Waals surface area contributed by atoms with Gasteiger partial charge in [-0.1, -0.05) is 0 Å². The van der Waals surface area contributed by atoms with Crippen molar-refractivity contribution in [1.29, 1.82) is 0 Å². The number of alkyl halides is 1. The summed E-state index contributed by atoms with van der Waals surface area (Å²) in [7, 11) is 3.40. The summed E-state index contributed by atoms with van der Waals surface area (Å²) in [6.07, 6.45) is -0.969. The lowest BCUT2D eigenvalue weighted by atomic mass is 10.4. The Kier molecular flexibility index (Phi) is 2.59. The van der Waals surface area contributed by atoms with Gasteiger partial charge in [-0.25, -0.2) is 4.39 Å². The number of halogens is 1. The molecule has 1 rings (SSSR count). The molecule has 0 amide bonds. The van der Waals surface area contributed by atoms with Gasteiger partial charge in [0.2, 0.25) is 0 Å². The van der Waals surface area contributed by atoms with E-state index in [1.165, 1.54) is 12.2 Å². The Morgan fingerprint density at radius 3 is 2.70 bits per heavy atom. The smallest absolute Gasteiger partial charge is 0.187 e. The topological polar surface area (TPSA) is 15.7 Å². The molecule has 1 aliphatic heterocycles. The minimum absolute atomic E-state index is 0.438. The lowest BCUT2D eigenvalue weighted by Crippen LogP contribution is -2.48. The molecule has 0 spiro atoms. The number of hydrogen-bond donors (Lipinski definition) is 0. The molecule has 3 nitrogen and oxygen atoms in total. The normalized spacial score (nSPS) is 30.9. The number of likely N-dealkylation sites (N-methyl/N-ethyl adjacent to an activating group) is 1. The third kappa shape index (κ3) is 1.65. The molecule has 0 aromatic carbocycles. The van der Waals surface area contributed by atoms with Crippen LogP contribution in [0, 0.1) is 0 Å². The average Bonchev–Trinajstić information content (AvgIpc) is 1.88. The quantitative estimate of drug-likeness (QED) is 0.490. The van der Waals surface area contributed by atoms with Crippen LogP contribution in [0.4, 0.5) is 4.39 Å². The fourth-order valence-corrected chi connectivity index (χ4v) is 1.05. The van der Waals surface area contributed by atoms with Crippen LogP contribution in [0.2, 0.25) is 0 Å². The second kappa shape index (κ2) is 3.27. The Hall–Kier alpha value is -0.190. The molecule has 0 saturated carbocycles. The second-order valence-corrected chi connectivity index (χ2v) is 2.52. The first-order valence-corrected chi connectivity index (χ1v) is 3.37. The maximum Gasteiger partial charge on any atom is 0.187 e. The molecule has 4 heteroatoms. The maximum absolute atomic E-state index is 12.9. The number of nitrogens with zero attached hydrogens (tertiary/aromatic N) is 2. The number of hydroxylamine groups is 2. The highest BCUT2D eigenvalue weighted by molar-refractivity contribution is 4.67. The van der Waals surface area contributed by atoms with Gasteiger partial charge in [0.05, 0.1) is 7.11 Å². The van der Waals surface area contributed by atoms with Crippen LogP contribution in [0.15, 0.2) is 0 Å². The summed E-state index contributed by atoms with van der Waals surface area (Å²) in [6, 6.07) is 0. The molecular weight excluding hydrogens is 135 g/mol. The van der Waals surface area contributed by atoms with E-state index in [9.17, 15) is 4.39 Å². The van der Waals surface area contributed by atoms with Crippen LogP contribution >= 0.6 is 0 Å². The molecule has 0 aromatic rings. The lowest BCUT2D eigenvalue weighted by molar-refractivity contribution is -0.216. The van der Waals surface area contributed by atoms with Gasteiger partial charge in [0.15, 0.2) is 6.30 Å². The Balaban J connectivity index is 2.36. The van der Waals surface area contributed by atoms with Crippen molar-refractivity contribution < 1.29 is 9.23 Å². The highest BCUT2D eigenvalue weighted by Crippen LogP contribution is 2.08. The van der Waals surface area contributed by atoms with Gasteiger partial charge >= 0.3 is 0 Å². The zero-order valence-corrected chi connectivity index (χ0v) is 6.38. The van der Waals surface area contributed by atoms with Crippen molar-refractivity contribution in [2.45, 2.75) is 6.30 Å². The van der Waals surface area contributed by atoms with Crippen LogP contribution < -0.4 is 0 Å². The summed E-state index contributed by atoms with van der Waals surface area (Å²) < 4.78 is 12.9. The van der Waals surface area contributed by atoms with E-state index >= 15 is 0 Å². The fraction of sp³-hybridized carbons (Fsp3) is 1.00. The van der Waals surface area contributed by atoms with Crippen LogP contribution in [-0.4, -0.2) is 50.1 Å². The summed E-state index contributed by atoms with van der Waals surface area (Å²) in [5.74, 6) is 0. The zero-order valence-electron chi connectivity index (χ0n) is 6.38. The minimum atomic E-state index is -0.969. The molecule has 0 aromatic heterocycles. The van der Waals surface area contributed by atoms with E-state index in [0.29, 0.717) is 13.1 Å². The third-order valence-corrected chi connectivity index (χ3v) is 1.71. The monoisotopic (exact) mass is 148 g/mol. The second-order valence-electron chi connectivity index (χ2n) is 2.52. The molecule has 1 heterocycles. The van der Waals surface area contributed by atoms with Gasteiger partial charge in [-0.3, -0.25) is 4.84 Å². The van der Waals surface area contributed by atoms with Crippen LogP contribution in [0.3, 0.4) is 0 Å². The summed E-state index contributed by atoms with van der Waals surface area (Å²) in [4.78, 5) is 6.73. The molecule has 0 aliphatic carbocycles. The molecule has 0 N–H and O–H groups in total. The van der Waals surface area contributed by atoms with E-state index in [2.05, 4.69) is 0 Å². The molecule has 0 unspecified atom stereocenters. The fourth-order valence-electron chi connectivity index (χ4n) is 1.05. The number of hydrogen-bond acceptors (Lipinski definition) is 3. The summed E-state index contributed by atoms with van der Waals surface area (Å²) in [5.41, 5.74) is 0. The molecule has 1 atom stereocenters. The first kappa shape index (κ1) is 7.91. The van der Waals surface area contributed by atoms with Gasteiger partial charge in [0, 0.05) is 19.6 Å². The van der Waals surface area contributed by atoms with Gasteiger partial charge in [-0.05, 0) is 7.05 Å². The van der Waals surface area contributed by atoms with Gasteiger partial charge in [0.1, 0.15) is 0 Å². The first-order chi connectivity index (χ1) is 4.74. The Bertz CT molecular complexity index is 112. The maximum atomic E-state index is 12.9.